The number of hydrogen-bond acceptors (Lipinski definition) is 2. The SMILES string of the molecule is O=C(NCCc1cccc(Cl)c1)c1cc2ccc(OCc3ccccc3)cc2[nH]1. The van der Waals surface area contributed by atoms with E-state index >= 15 is 0 Å². The number of H-pyrrole nitrogens is 1. The molecule has 1 amide bonds. The van der Waals surface area contributed by atoms with Gasteiger partial charge in [0.25, 0.3) is 5.91 Å². The van der Waals surface area contributed by atoms with Crippen LogP contribution in [0, 0.1) is 0 Å². The van der Waals surface area contributed by atoms with Gasteiger partial charge in [-0.2, -0.15) is 0 Å². The molecule has 0 spiro atoms. The van der Waals surface area contributed by atoms with Gasteiger partial charge < -0.3 is 15.0 Å². The maximum Gasteiger partial charge on any atom is 0.267 e. The van der Waals surface area contributed by atoms with Crippen LogP contribution in [0.25, 0.3) is 10.9 Å². The Morgan fingerprint density at radius 3 is 2.59 bits per heavy atom. The highest BCUT2D eigenvalue weighted by atomic mass is 35.5. The fourth-order valence-electron chi connectivity index (χ4n) is 3.17. The minimum atomic E-state index is -0.130. The van der Waals surface area contributed by atoms with Gasteiger partial charge >= 0.3 is 0 Å². The quantitative estimate of drug-likeness (QED) is 0.435. The first kappa shape index (κ1) is 19.1. The Labute approximate surface area is 174 Å². The van der Waals surface area contributed by atoms with Gasteiger partial charge in [0.1, 0.15) is 18.1 Å². The number of halogens is 1. The lowest BCUT2D eigenvalue weighted by Gasteiger charge is -2.06. The molecule has 29 heavy (non-hydrogen) atoms. The number of aromatic amines is 1. The van der Waals surface area contributed by atoms with Crippen molar-refractivity contribution in [3.63, 3.8) is 0 Å². The maximum absolute atomic E-state index is 12.5. The number of ether oxygens (including phenoxy) is 1. The van der Waals surface area contributed by atoms with Crippen LogP contribution in [-0.4, -0.2) is 17.4 Å². The zero-order valence-electron chi connectivity index (χ0n) is 15.8. The van der Waals surface area contributed by atoms with Crippen LogP contribution in [0.2, 0.25) is 5.02 Å². The van der Waals surface area contributed by atoms with Crippen molar-refractivity contribution in [1.82, 2.24) is 10.3 Å². The molecule has 0 radical (unpaired) electrons. The lowest BCUT2D eigenvalue weighted by atomic mass is 10.1. The van der Waals surface area contributed by atoms with E-state index < -0.39 is 0 Å². The molecule has 1 heterocycles. The van der Waals surface area contributed by atoms with E-state index in [1.165, 1.54) is 0 Å². The van der Waals surface area contributed by atoms with Crippen LogP contribution < -0.4 is 10.1 Å². The number of benzene rings is 3. The van der Waals surface area contributed by atoms with Crippen LogP contribution in [0.3, 0.4) is 0 Å². The molecule has 4 aromatic rings. The number of aromatic nitrogens is 1. The van der Waals surface area contributed by atoms with Gasteiger partial charge in [-0.25, -0.2) is 0 Å². The molecule has 0 aliphatic rings. The molecule has 0 fully saturated rings. The van der Waals surface area contributed by atoms with Crippen molar-refractivity contribution in [2.75, 3.05) is 6.54 Å². The van der Waals surface area contributed by atoms with Crippen LogP contribution in [-0.2, 0) is 13.0 Å². The molecular weight excluding hydrogens is 384 g/mol. The Hall–Kier alpha value is -3.24. The third kappa shape index (κ3) is 4.98. The van der Waals surface area contributed by atoms with Gasteiger partial charge in [-0.3, -0.25) is 4.79 Å². The molecule has 0 saturated carbocycles. The van der Waals surface area contributed by atoms with Crippen LogP contribution in [0.4, 0.5) is 0 Å². The van der Waals surface area contributed by atoms with Crippen molar-refractivity contribution in [3.05, 3.63) is 101 Å². The first-order chi connectivity index (χ1) is 14.2. The van der Waals surface area contributed by atoms with Crippen LogP contribution in [0.5, 0.6) is 5.75 Å². The van der Waals surface area contributed by atoms with Gasteiger partial charge in [0.15, 0.2) is 0 Å². The van der Waals surface area contributed by atoms with E-state index in [-0.39, 0.29) is 5.91 Å². The lowest BCUT2D eigenvalue weighted by molar-refractivity contribution is 0.0950. The number of hydrogen-bond donors (Lipinski definition) is 2. The fraction of sp³-hybridized carbons (Fsp3) is 0.125. The fourth-order valence-corrected chi connectivity index (χ4v) is 3.38. The molecule has 0 unspecified atom stereocenters. The second kappa shape index (κ2) is 8.84. The van der Waals surface area contributed by atoms with E-state index in [2.05, 4.69) is 10.3 Å². The van der Waals surface area contributed by atoms with Crippen molar-refractivity contribution in [3.8, 4) is 5.75 Å². The second-order valence-electron chi connectivity index (χ2n) is 6.84. The Morgan fingerprint density at radius 2 is 1.76 bits per heavy atom. The molecule has 0 aliphatic heterocycles. The molecule has 0 atom stereocenters. The lowest BCUT2D eigenvalue weighted by Crippen LogP contribution is -2.25. The summed E-state index contributed by atoms with van der Waals surface area (Å²) in [6.45, 7) is 1.05. The number of carbonyl (C=O) groups is 1. The minimum absolute atomic E-state index is 0.130. The highest BCUT2D eigenvalue weighted by Gasteiger charge is 2.10. The van der Waals surface area contributed by atoms with E-state index in [1.54, 1.807) is 0 Å². The molecular formula is C24H21ClN2O2. The molecule has 0 bridgehead atoms. The van der Waals surface area contributed by atoms with E-state index in [9.17, 15) is 4.79 Å². The number of amides is 1. The summed E-state index contributed by atoms with van der Waals surface area (Å²) in [5, 5.41) is 4.62. The number of nitrogens with one attached hydrogen (secondary N) is 2. The largest absolute Gasteiger partial charge is 0.489 e. The molecule has 2 N–H and O–H groups in total. The van der Waals surface area contributed by atoms with Gasteiger partial charge in [0.2, 0.25) is 0 Å². The van der Waals surface area contributed by atoms with Crippen LogP contribution >= 0.6 is 11.6 Å². The Bertz CT molecular complexity index is 1120. The maximum atomic E-state index is 12.5. The smallest absolute Gasteiger partial charge is 0.267 e. The van der Waals surface area contributed by atoms with E-state index in [0.717, 1.165) is 34.2 Å². The molecule has 146 valence electrons. The average molecular weight is 405 g/mol. The molecule has 4 nitrogen and oxygen atoms in total. The van der Waals surface area contributed by atoms with Crippen molar-refractivity contribution in [2.24, 2.45) is 0 Å². The number of carbonyl (C=O) groups excluding carboxylic acids is 1. The summed E-state index contributed by atoms with van der Waals surface area (Å²) in [6.07, 6.45) is 0.726. The van der Waals surface area contributed by atoms with Gasteiger partial charge in [0.05, 0.1) is 0 Å². The third-order valence-corrected chi connectivity index (χ3v) is 4.91. The summed E-state index contributed by atoms with van der Waals surface area (Å²) in [5.41, 5.74) is 3.61. The molecule has 4 rings (SSSR count). The van der Waals surface area contributed by atoms with E-state index in [4.69, 9.17) is 16.3 Å². The Morgan fingerprint density at radius 1 is 0.931 bits per heavy atom. The molecule has 0 saturated heterocycles. The predicted molar refractivity (Wildman–Crippen MR) is 117 cm³/mol. The van der Waals surface area contributed by atoms with Crippen LogP contribution in [0.15, 0.2) is 78.9 Å². The van der Waals surface area contributed by atoms with Crippen molar-refractivity contribution in [1.29, 1.82) is 0 Å². The third-order valence-electron chi connectivity index (χ3n) is 4.68. The van der Waals surface area contributed by atoms with E-state index in [0.29, 0.717) is 23.9 Å². The number of fused-ring (bicyclic) bond motifs is 1. The Balaban J connectivity index is 1.37. The van der Waals surface area contributed by atoms with Crippen molar-refractivity contribution in [2.45, 2.75) is 13.0 Å². The van der Waals surface area contributed by atoms with E-state index in [1.807, 2.05) is 78.9 Å². The minimum Gasteiger partial charge on any atom is -0.489 e. The second-order valence-corrected chi connectivity index (χ2v) is 7.28. The molecule has 3 aromatic carbocycles. The van der Waals surface area contributed by atoms with Gasteiger partial charge in [-0.05, 0) is 47.9 Å². The Kier molecular flexibility index (Phi) is 5.82. The summed E-state index contributed by atoms with van der Waals surface area (Å²) in [4.78, 5) is 15.6. The van der Waals surface area contributed by atoms with Gasteiger partial charge in [0, 0.05) is 28.5 Å². The molecule has 1 aromatic heterocycles. The number of rotatable bonds is 7. The van der Waals surface area contributed by atoms with Gasteiger partial charge in [-0.15, -0.1) is 0 Å². The summed E-state index contributed by atoms with van der Waals surface area (Å²) >= 11 is 5.99. The molecule has 5 heteroatoms. The zero-order valence-corrected chi connectivity index (χ0v) is 16.6. The van der Waals surface area contributed by atoms with Crippen molar-refractivity contribution >= 4 is 28.4 Å². The standard InChI is InChI=1S/C24H21ClN2O2/c25-20-8-4-7-17(13-20)11-12-26-24(28)23-14-19-9-10-21(15-22(19)27-23)29-16-18-5-2-1-3-6-18/h1-10,13-15,27H,11-12,16H2,(H,26,28). The topological polar surface area (TPSA) is 54.1 Å². The zero-order chi connectivity index (χ0) is 20.1. The summed E-state index contributed by atoms with van der Waals surface area (Å²) in [7, 11) is 0. The highest BCUT2D eigenvalue weighted by Crippen LogP contribution is 2.22. The normalized spacial score (nSPS) is 10.8. The summed E-state index contributed by atoms with van der Waals surface area (Å²) < 4.78 is 5.86. The van der Waals surface area contributed by atoms with Crippen LogP contribution in [0.1, 0.15) is 21.6 Å². The summed E-state index contributed by atoms with van der Waals surface area (Å²) in [6, 6.07) is 25.3. The molecule has 0 aliphatic carbocycles. The van der Waals surface area contributed by atoms with Crippen molar-refractivity contribution < 1.29 is 9.53 Å². The first-order valence-corrected chi connectivity index (χ1v) is 9.87. The first-order valence-electron chi connectivity index (χ1n) is 9.49. The monoisotopic (exact) mass is 404 g/mol. The predicted octanol–water partition coefficient (Wildman–Crippen LogP) is 5.37. The highest BCUT2D eigenvalue weighted by molar-refractivity contribution is 6.30. The van der Waals surface area contributed by atoms with Gasteiger partial charge in [-0.1, -0.05) is 54.1 Å². The average Bonchev–Trinajstić information content (AvgIpc) is 3.17. The summed E-state index contributed by atoms with van der Waals surface area (Å²) in [5.74, 6) is 0.631.